The molecule has 1 rings (SSSR count). The zero-order valence-corrected chi connectivity index (χ0v) is 8.34. The van der Waals surface area contributed by atoms with Crippen molar-refractivity contribution in [1.29, 1.82) is 0 Å². The fourth-order valence-electron chi connectivity index (χ4n) is 0.923. The number of hydrogen-bond donors (Lipinski definition) is 1. The number of aromatic carboxylic acids is 1. The molecule has 0 aromatic carbocycles. The van der Waals surface area contributed by atoms with Gasteiger partial charge < -0.3 is 9.84 Å². The molecule has 0 unspecified atom stereocenters. The fraction of sp³-hybridized carbons (Fsp3) is 0.300. The van der Waals surface area contributed by atoms with Crippen LogP contribution >= 0.6 is 11.3 Å². The van der Waals surface area contributed by atoms with Gasteiger partial charge in [-0.2, -0.15) is 0 Å². The van der Waals surface area contributed by atoms with E-state index in [1.54, 1.807) is 11.4 Å². The Bertz CT molecular complexity index is 348. The van der Waals surface area contributed by atoms with E-state index < -0.39 is 5.97 Å². The van der Waals surface area contributed by atoms with Gasteiger partial charge in [0.05, 0.1) is 6.61 Å². The third-order valence-electron chi connectivity index (χ3n) is 1.55. The average molecular weight is 210 g/mol. The van der Waals surface area contributed by atoms with Crippen LogP contribution in [-0.2, 0) is 0 Å². The molecule has 0 radical (unpaired) electrons. The van der Waals surface area contributed by atoms with Crippen molar-refractivity contribution in [2.24, 2.45) is 0 Å². The van der Waals surface area contributed by atoms with Crippen LogP contribution in [-0.4, -0.2) is 17.7 Å². The maximum absolute atomic E-state index is 10.7. The molecule has 0 saturated heterocycles. The van der Waals surface area contributed by atoms with E-state index in [4.69, 9.17) is 16.3 Å². The Hall–Kier alpha value is -1.47. The van der Waals surface area contributed by atoms with E-state index in [2.05, 4.69) is 5.92 Å². The molecule has 3 nitrogen and oxygen atoms in total. The molecule has 0 aliphatic carbocycles. The Labute approximate surface area is 86.3 Å². The van der Waals surface area contributed by atoms with E-state index >= 15 is 0 Å². The number of ether oxygens (including phenoxy) is 1. The van der Waals surface area contributed by atoms with E-state index in [1.165, 1.54) is 0 Å². The molecule has 0 amide bonds. The summed E-state index contributed by atoms with van der Waals surface area (Å²) in [4.78, 5) is 10.9. The smallest absolute Gasteiger partial charge is 0.349 e. The van der Waals surface area contributed by atoms with Gasteiger partial charge in [-0.1, -0.05) is 0 Å². The molecule has 0 fully saturated rings. The Morgan fingerprint density at radius 3 is 3.14 bits per heavy atom. The Balaban J connectivity index is 2.47. The number of carboxylic acid groups (broad SMARTS) is 1. The predicted molar refractivity (Wildman–Crippen MR) is 54.8 cm³/mol. The lowest BCUT2D eigenvalue weighted by Crippen LogP contribution is -2.01. The lowest BCUT2D eigenvalue weighted by molar-refractivity contribution is 0.0698. The van der Waals surface area contributed by atoms with Crippen molar-refractivity contribution in [2.75, 3.05) is 6.61 Å². The summed E-state index contributed by atoms with van der Waals surface area (Å²) in [5, 5.41) is 10.4. The SMILES string of the molecule is C#CCCCOc1ccsc1C(=O)O. The summed E-state index contributed by atoms with van der Waals surface area (Å²) in [7, 11) is 0. The first-order valence-electron chi connectivity index (χ1n) is 4.12. The van der Waals surface area contributed by atoms with Crippen molar-refractivity contribution in [1.82, 2.24) is 0 Å². The molecule has 1 aromatic rings. The van der Waals surface area contributed by atoms with Gasteiger partial charge in [-0.15, -0.1) is 23.7 Å². The second-order valence-electron chi connectivity index (χ2n) is 2.58. The molecule has 0 bridgehead atoms. The van der Waals surface area contributed by atoms with Crippen LogP contribution in [0.2, 0.25) is 0 Å². The van der Waals surface area contributed by atoms with Gasteiger partial charge in [-0.05, 0) is 17.9 Å². The highest BCUT2D eigenvalue weighted by molar-refractivity contribution is 7.12. The number of thiophene rings is 1. The van der Waals surface area contributed by atoms with E-state index in [-0.39, 0.29) is 4.88 Å². The maximum Gasteiger partial charge on any atom is 0.349 e. The van der Waals surface area contributed by atoms with E-state index in [1.807, 2.05) is 0 Å². The quantitative estimate of drug-likeness (QED) is 0.599. The third kappa shape index (κ3) is 2.79. The van der Waals surface area contributed by atoms with Gasteiger partial charge in [0.15, 0.2) is 4.88 Å². The number of rotatable bonds is 5. The van der Waals surface area contributed by atoms with Gasteiger partial charge in [0.25, 0.3) is 0 Å². The zero-order valence-electron chi connectivity index (χ0n) is 7.53. The molecule has 1 aromatic heterocycles. The second kappa shape index (κ2) is 5.30. The van der Waals surface area contributed by atoms with Gasteiger partial charge >= 0.3 is 5.97 Å². The number of hydrogen-bond acceptors (Lipinski definition) is 3. The highest BCUT2D eigenvalue weighted by atomic mass is 32.1. The zero-order chi connectivity index (χ0) is 10.4. The first-order valence-corrected chi connectivity index (χ1v) is 5.00. The molecule has 0 aliphatic rings. The lowest BCUT2D eigenvalue weighted by Gasteiger charge is -2.02. The Morgan fingerprint density at radius 2 is 2.50 bits per heavy atom. The largest absolute Gasteiger partial charge is 0.492 e. The van der Waals surface area contributed by atoms with Gasteiger partial charge in [0, 0.05) is 6.42 Å². The van der Waals surface area contributed by atoms with Crippen LogP contribution in [0.4, 0.5) is 0 Å². The van der Waals surface area contributed by atoms with Crippen molar-refractivity contribution in [3.05, 3.63) is 16.3 Å². The van der Waals surface area contributed by atoms with Crippen molar-refractivity contribution < 1.29 is 14.6 Å². The van der Waals surface area contributed by atoms with Crippen molar-refractivity contribution in [3.8, 4) is 18.1 Å². The summed E-state index contributed by atoms with van der Waals surface area (Å²) in [6, 6.07) is 1.66. The van der Waals surface area contributed by atoms with E-state index in [0.717, 1.165) is 17.8 Å². The molecular formula is C10H10O3S. The van der Waals surface area contributed by atoms with Crippen LogP contribution in [0.3, 0.4) is 0 Å². The minimum atomic E-state index is -0.952. The molecule has 74 valence electrons. The summed E-state index contributed by atoms with van der Waals surface area (Å²) < 4.78 is 5.27. The summed E-state index contributed by atoms with van der Waals surface area (Å²) in [5.41, 5.74) is 0. The first kappa shape index (κ1) is 10.6. The van der Waals surface area contributed by atoms with Gasteiger partial charge in [0.2, 0.25) is 0 Å². The molecule has 1 N–H and O–H groups in total. The number of unbranched alkanes of at least 4 members (excludes halogenated alkanes) is 1. The molecule has 0 atom stereocenters. The van der Waals surface area contributed by atoms with Crippen LogP contribution in [0.5, 0.6) is 5.75 Å². The van der Waals surface area contributed by atoms with Crippen molar-refractivity contribution in [3.63, 3.8) is 0 Å². The monoisotopic (exact) mass is 210 g/mol. The van der Waals surface area contributed by atoms with E-state index in [9.17, 15) is 4.79 Å². The van der Waals surface area contributed by atoms with Gasteiger partial charge in [0.1, 0.15) is 5.75 Å². The van der Waals surface area contributed by atoms with Crippen LogP contribution in [0.15, 0.2) is 11.4 Å². The molecule has 0 spiro atoms. The summed E-state index contributed by atoms with van der Waals surface area (Å²) >= 11 is 1.16. The Morgan fingerprint density at radius 1 is 1.71 bits per heavy atom. The van der Waals surface area contributed by atoms with Gasteiger partial charge in [-0.3, -0.25) is 0 Å². The standard InChI is InChI=1S/C10H10O3S/c1-2-3-4-6-13-8-5-7-14-9(8)10(11)12/h1,5,7H,3-4,6H2,(H,11,12). The fourth-order valence-corrected chi connectivity index (χ4v) is 1.60. The van der Waals surface area contributed by atoms with Crippen LogP contribution < -0.4 is 4.74 Å². The molecule has 0 aliphatic heterocycles. The minimum Gasteiger partial charge on any atom is -0.492 e. The molecule has 1 heterocycles. The number of carboxylic acids is 1. The molecule has 0 saturated carbocycles. The van der Waals surface area contributed by atoms with Crippen LogP contribution in [0.25, 0.3) is 0 Å². The maximum atomic E-state index is 10.7. The summed E-state index contributed by atoms with van der Waals surface area (Å²) in [5.74, 6) is 1.97. The van der Waals surface area contributed by atoms with Gasteiger partial charge in [-0.25, -0.2) is 4.79 Å². The van der Waals surface area contributed by atoms with Crippen LogP contribution in [0.1, 0.15) is 22.5 Å². The normalized spacial score (nSPS) is 9.36. The molecule has 4 heteroatoms. The topological polar surface area (TPSA) is 46.5 Å². The van der Waals surface area contributed by atoms with Crippen molar-refractivity contribution >= 4 is 17.3 Å². The molecular weight excluding hydrogens is 200 g/mol. The lowest BCUT2D eigenvalue weighted by atomic mass is 10.3. The molecule has 14 heavy (non-hydrogen) atoms. The minimum absolute atomic E-state index is 0.241. The highest BCUT2D eigenvalue weighted by Gasteiger charge is 2.12. The average Bonchev–Trinajstić information content (AvgIpc) is 2.60. The second-order valence-corrected chi connectivity index (χ2v) is 3.49. The number of terminal acetylenes is 1. The first-order chi connectivity index (χ1) is 6.75. The number of carbonyl (C=O) groups is 1. The predicted octanol–water partition coefficient (Wildman–Crippen LogP) is 2.24. The Kier molecular flexibility index (Phi) is 4.02. The highest BCUT2D eigenvalue weighted by Crippen LogP contribution is 2.24. The third-order valence-corrected chi connectivity index (χ3v) is 2.43. The van der Waals surface area contributed by atoms with E-state index in [0.29, 0.717) is 18.8 Å². The summed E-state index contributed by atoms with van der Waals surface area (Å²) in [6.45, 7) is 0.460. The summed E-state index contributed by atoms with van der Waals surface area (Å²) in [6.07, 6.45) is 6.46. The van der Waals surface area contributed by atoms with Crippen molar-refractivity contribution in [2.45, 2.75) is 12.8 Å². The van der Waals surface area contributed by atoms with Crippen LogP contribution in [0, 0.1) is 12.3 Å².